The topological polar surface area (TPSA) is 109 Å². The van der Waals surface area contributed by atoms with E-state index in [9.17, 15) is 9.59 Å². The number of nitrogens with one attached hydrogen (secondary N) is 1. The van der Waals surface area contributed by atoms with Crippen molar-refractivity contribution in [1.29, 1.82) is 0 Å². The van der Waals surface area contributed by atoms with Gasteiger partial charge >= 0.3 is 5.97 Å². The Bertz CT molecular complexity index is 520. The third-order valence-electron chi connectivity index (χ3n) is 3.04. The number of rotatable bonds is 3. The van der Waals surface area contributed by atoms with E-state index in [-0.39, 0.29) is 31.0 Å². The smallest absolute Gasteiger partial charge is 0.322 e. The lowest BCUT2D eigenvalue weighted by molar-refractivity contribution is -0.146. The van der Waals surface area contributed by atoms with Crippen LogP contribution in [0.4, 0.5) is 0 Å². The molecule has 1 amide bonds. The molecule has 1 atom stereocenters. The van der Waals surface area contributed by atoms with Gasteiger partial charge in [0, 0.05) is 12.0 Å². The molecule has 1 aromatic rings. The zero-order valence-corrected chi connectivity index (χ0v) is 11.7. The summed E-state index contributed by atoms with van der Waals surface area (Å²) >= 11 is 0. The SMILES string of the molecule is CC(C)(C)c1noc(CN2CC(=O)NCC2C(=O)O)n1. The Morgan fingerprint density at radius 2 is 2.25 bits per heavy atom. The van der Waals surface area contributed by atoms with E-state index >= 15 is 0 Å². The Kier molecular flexibility index (Phi) is 3.76. The van der Waals surface area contributed by atoms with Gasteiger partial charge in [-0.1, -0.05) is 25.9 Å². The normalized spacial score (nSPS) is 20.8. The molecule has 1 fully saturated rings. The molecule has 0 radical (unpaired) electrons. The predicted molar refractivity (Wildman–Crippen MR) is 67.8 cm³/mol. The standard InChI is InChI=1S/C12H18N4O4/c1-12(2,3)11-14-9(20-15-11)6-16-5-8(17)13-4-7(16)10(18)19/h7H,4-6H2,1-3H3,(H,13,17)(H,18,19). The summed E-state index contributed by atoms with van der Waals surface area (Å²) in [5.74, 6) is -0.324. The molecule has 2 N–H and O–H groups in total. The maximum Gasteiger partial charge on any atom is 0.322 e. The summed E-state index contributed by atoms with van der Waals surface area (Å²) in [6.07, 6.45) is 0. The Hall–Kier alpha value is -1.96. The van der Waals surface area contributed by atoms with Crippen molar-refractivity contribution in [2.45, 2.75) is 38.8 Å². The number of carbonyl (C=O) groups is 2. The van der Waals surface area contributed by atoms with E-state index in [0.29, 0.717) is 11.7 Å². The van der Waals surface area contributed by atoms with Crippen LogP contribution in [0, 0.1) is 0 Å². The zero-order chi connectivity index (χ0) is 14.9. The molecule has 20 heavy (non-hydrogen) atoms. The molecule has 0 aliphatic carbocycles. The van der Waals surface area contributed by atoms with Gasteiger partial charge in [0.05, 0.1) is 13.1 Å². The number of aliphatic carboxylic acids is 1. The molecular weight excluding hydrogens is 264 g/mol. The van der Waals surface area contributed by atoms with Crippen molar-refractivity contribution in [2.24, 2.45) is 0 Å². The summed E-state index contributed by atoms with van der Waals surface area (Å²) in [4.78, 5) is 28.3. The third kappa shape index (κ3) is 3.13. The van der Waals surface area contributed by atoms with Crippen LogP contribution in [-0.4, -0.2) is 51.2 Å². The molecule has 0 bridgehead atoms. The number of carbonyl (C=O) groups excluding carboxylic acids is 1. The zero-order valence-electron chi connectivity index (χ0n) is 11.7. The van der Waals surface area contributed by atoms with Crippen LogP contribution in [0.1, 0.15) is 32.5 Å². The van der Waals surface area contributed by atoms with E-state index in [1.54, 1.807) is 0 Å². The Morgan fingerprint density at radius 1 is 1.55 bits per heavy atom. The second-order valence-corrected chi connectivity index (χ2v) is 5.82. The number of carboxylic acid groups (broad SMARTS) is 1. The molecule has 1 aliphatic heterocycles. The van der Waals surface area contributed by atoms with Crippen LogP contribution >= 0.6 is 0 Å². The van der Waals surface area contributed by atoms with Crippen molar-refractivity contribution in [3.05, 3.63) is 11.7 Å². The fraction of sp³-hybridized carbons (Fsp3) is 0.667. The summed E-state index contributed by atoms with van der Waals surface area (Å²) < 4.78 is 5.13. The summed E-state index contributed by atoms with van der Waals surface area (Å²) in [7, 11) is 0. The lowest BCUT2D eigenvalue weighted by atomic mass is 9.96. The summed E-state index contributed by atoms with van der Waals surface area (Å²) in [5, 5.41) is 15.6. The third-order valence-corrected chi connectivity index (χ3v) is 3.04. The molecule has 1 aliphatic rings. The largest absolute Gasteiger partial charge is 0.480 e. The number of aromatic nitrogens is 2. The number of hydrogen-bond donors (Lipinski definition) is 2. The van der Waals surface area contributed by atoms with Gasteiger partial charge in [0.25, 0.3) is 0 Å². The number of piperazine rings is 1. The van der Waals surface area contributed by atoms with Crippen LogP contribution < -0.4 is 5.32 Å². The number of nitrogens with zero attached hydrogens (tertiary/aromatic N) is 3. The minimum atomic E-state index is -0.986. The highest BCUT2D eigenvalue weighted by molar-refractivity contribution is 5.83. The first-order chi connectivity index (χ1) is 9.27. The second-order valence-electron chi connectivity index (χ2n) is 5.82. The predicted octanol–water partition coefficient (Wildman–Crippen LogP) is -0.248. The average molecular weight is 282 g/mol. The first kappa shape index (κ1) is 14.4. The molecule has 8 heteroatoms. The quantitative estimate of drug-likeness (QED) is 0.787. The van der Waals surface area contributed by atoms with Gasteiger partial charge in [-0.25, -0.2) is 0 Å². The van der Waals surface area contributed by atoms with E-state index in [4.69, 9.17) is 9.63 Å². The monoisotopic (exact) mass is 282 g/mol. The molecule has 1 aromatic heterocycles. The number of amides is 1. The number of carboxylic acids is 1. The van der Waals surface area contributed by atoms with E-state index < -0.39 is 12.0 Å². The lowest BCUT2D eigenvalue weighted by Crippen LogP contribution is -2.56. The van der Waals surface area contributed by atoms with Gasteiger partial charge in [-0.3, -0.25) is 14.5 Å². The summed E-state index contributed by atoms with van der Waals surface area (Å²) in [6.45, 7) is 6.09. The van der Waals surface area contributed by atoms with Crippen LogP contribution in [0.25, 0.3) is 0 Å². The highest BCUT2D eigenvalue weighted by atomic mass is 16.5. The molecule has 2 heterocycles. The lowest BCUT2D eigenvalue weighted by Gasteiger charge is -2.31. The van der Waals surface area contributed by atoms with Gasteiger partial charge in [0.15, 0.2) is 5.82 Å². The molecule has 0 saturated carbocycles. The van der Waals surface area contributed by atoms with Gasteiger partial charge in [0.1, 0.15) is 6.04 Å². The van der Waals surface area contributed by atoms with Crippen molar-refractivity contribution >= 4 is 11.9 Å². The fourth-order valence-electron chi connectivity index (χ4n) is 1.90. The minimum absolute atomic E-state index is 0.00416. The molecule has 110 valence electrons. The Balaban J connectivity index is 2.12. The van der Waals surface area contributed by atoms with Crippen LogP contribution in [-0.2, 0) is 21.5 Å². The maximum atomic E-state index is 11.4. The Morgan fingerprint density at radius 3 is 2.80 bits per heavy atom. The maximum absolute atomic E-state index is 11.4. The van der Waals surface area contributed by atoms with Crippen molar-refractivity contribution in [3.63, 3.8) is 0 Å². The van der Waals surface area contributed by atoms with Crippen LogP contribution in [0.2, 0.25) is 0 Å². The van der Waals surface area contributed by atoms with Crippen molar-refractivity contribution in [3.8, 4) is 0 Å². The molecule has 0 spiro atoms. The second kappa shape index (κ2) is 5.20. The van der Waals surface area contributed by atoms with Crippen LogP contribution in [0.3, 0.4) is 0 Å². The van der Waals surface area contributed by atoms with Gasteiger partial charge in [-0.15, -0.1) is 0 Å². The van der Waals surface area contributed by atoms with Crippen molar-refractivity contribution in [1.82, 2.24) is 20.4 Å². The van der Waals surface area contributed by atoms with E-state index in [2.05, 4.69) is 15.5 Å². The van der Waals surface area contributed by atoms with Crippen molar-refractivity contribution < 1.29 is 19.2 Å². The number of hydrogen-bond acceptors (Lipinski definition) is 6. The van der Waals surface area contributed by atoms with Crippen molar-refractivity contribution in [2.75, 3.05) is 13.1 Å². The molecular formula is C12H18N4O4. The van der Waals surface area contributed by atoms with Gasteiger partial charge in [-0.2, -0.15) is 4.98 Å². The van der Waals surface area contributed by atoms with Crippen LogP contribution in [0.5, 0.6) is 0 Å². The minimum Gasteiger partial charge on any atom is -0.480 e. The average Bonchev–Trinajstić information content (AvgIpc) is 2.76. The first-order valence-electron chi connectivity index (χ1n) is 6.34. The summed E-state index contributed by atoms with van der Waals surface area (Å²) in [5.41, 5.74) is -0.243. The highest BCUT2D eigenvalue weighted by Crippen LogP contribution is 2.19. The highest BCUT2D eigenvalue weighted by Gasteiger charge is 2.33. The van der Waals surface area contributed by atoms with Gasteiger partial charge in [0.2, 0.25) is 11.8 Å². The molecule has 1 saturated heterocycles. The van der Waals surface area contributed by atoms with Gasteiger partial charge in [-0.05, 0) is 0 Å². The van der Waals surface area contributed by atoms with E-state index in [0.717, 1.165) is 0 Å². The molecule has 2 rings (SSSR count). The van der Waals surface area contributed by atoms with Crippen LogP contribution in [0.15, 0.2) is 4.52 Å². The molecule has 0 aromatic carbocycles. The molecule has 1 unspecified atom stereocenters. The van der Waals surface area contributed by atoms with E-state index in [1.165, 1.54) is 4.90 Å². The fourth-order valence-corrected chi connectivity index (χ4v) is 1.90. The summed E-state index contributed by atoms with van der Waals surface area (Å²) in [6, 6.07) is -0.780. The Labute approximate surface area is 116 Å². The molecule has 8 nitrogen and oxygen atoms in total. The first-order valence-corrected chi connectivity index (χ1v) is 6.34. The van der Waals surface area contributed by atoms with Gasteiger partial charge < -0.3 is 14.9 Å². The van der Waals surface area contributed by atoms with E-state index in [1.807, 2.05) is 20.8 Å².